The van der Waals surface area contributed by atoms with Crippen LogP contribution in [0.5, 0.6) is 5.75 Å². The molecule has 0 saturated heterocycles. The van der Waals surface area contributed by atoms with E-state index in [4.69, 9.17) is 4.74 Å². The van der Waals surface area contributed by atoms with Crippen LogP contribution in [-0.2, 0) is 0 Å². The summed E-state index contributed by atoms with van der Waals surface area (Å²) in [5.74, 6) is 0.549. The molecular formula is C25H20N4O2S. The van der Waals surface area contributed by atoms with Gasteiger partial charge in [-0.05, 0) is 29.1 Å². The number of thiophene rings is 1. The van der Waals surface area contributed by atoms with Gasteiger partial charge >= 0.3 is 0 Å². The number of pyridine rings is 2. The molecule has 0 aliphatic carbocycles. The van der Waals surface area contributed by atoms with Crippen LogP contribution in [-0.4, -0.2) is 27.5 Å². The van der Waals surface area contributed by atoms with Crippen LogP contribution >= 0.6 is 11.3 Å². The van der Waals surface area contributed by atoms with Gasteiger partial charge in [0.15, 0.2) is 5.78 Å². The number of fused-ring (bicyclic) bond motifs is 1. The number of anilines is 1. The number of methoxy groups -OCH3 is 1. The van der Waals surface area contributed by atoms with Gasteiger partial charge < -0.3 is 10.1 Å². The van der Waals surface area contributed by atoms with Gasteiger partial charge in [0.1, 0.15) is 11.8 Å². The number of nitrogens with one attached hydrogen (secondary N) is 1. The van der Waals surface area contributed by atoms with E-state index in [0.29, 0.717) is 22.7 Å². The molecule has 1 atom stereocenters. The van der Waals surface area contributed by atoms with E-state index >= 15 is 0 Å². The maximum absolute atomic E-state index is 13.9. The number of carbonyl (C=O) groups is 1. The van der Waals surface area contributed by atoms with Gasteiger partial charge in [0.2, 0.25) is 0 Å². The van der Waals surface area contributed by atoms with Crippen molar-refractivity contribution < 1.29 is 9.53 Å². The molecule has 1 N–H and O–H groups in total. The van der Waals surface area contributed by atoms with Gasteiger partial charge in [0.05, 0.1) is 36.4 Å². The number of carbonyl (C=O) groups excluding carboxylic acids is 1. The Hall–Kier alpha value is -3.97. The van der Waals surface area contributed by atoms with Crippen LogP contribution in [0.3, 0.4) is 0 Å². The molecule has 4 heterocycles. The molecule has 5 aromatic rings. The number of aromatic nitrogens is 3. The van der Waals surface area contributed by atoms with Crippen molar-refractivity contribution in [2.24, 2.45) is 0 Å². The smallest absolute Gasteiger partial charge is 0.192 e. The first kappa shape index (κ1) is 20.0. The number of benzene rings is 1. The Kier molecular flexibility index (Phi) is 5.39. The van der Waals surface area contributed by atoms with Crippen LogP contribution in [0.2, 0.25) is 0 Å². The van der Waals surface area contributed by atoms with E-state index < -0.39 is 6.04 Å². The maximum atomic E-state index is 13.9. The third kappa shape index (κ3) is 3.86. The fraction of sp³-hybridized carbons (Fsp3) is 0.0800. The number of nitrogens with zero attached hydrogens (tertiary/aromatic N) is 3. The molecule has 32 heavy (non-hydrogen) atoms. The Bertz CT molecular complexity index is 1340. The van der Waals surface area contributed by atoms with Crippen LogP contribution in [0.1, 0.15) is 22.1 Å². The minimum Gasteiger partial charge on any atom is -0.495 e. The highest BCUT2D eigenvalue weighted by Crippen LogP contribution is 2.32. The van der Waals surface area contributed by atoms with Gasteiger partial charge in [-0.15, -0.1) is 0 Å². The van der Waals surface area contributed by atoms with E-state index in [1.807, 2.05) is 77.6 Å². The SMILES string of the molecule is COc1cncc(NC(C(=O)c2cscc2-c2ccccc2)c2cc3ccccn3n2)c1. The summed E-state index contributed by atoms with van der Waals surface area (Å²) in [6, 6.07) is 18.8. The zero-order valence-electron chi connectivity index (χ0n) is 17.3. The molecule has 158 valence electrons. The van der Waals surface area contributed by atoms with Gasteiger partial charge in [-0.25, -0.2) is 4.52 Å². The second kappa shape index (κ2) is 8.64. The number of rotatable bonds is 7. The Labute approximate surface area is 189 Å². The van der Waals surface area contributed by atoms with Crippen LogP contribution in [0.4, 0.5) is 5.69 Å². The highest BCUT2D eigenvalue weighted by Gasteiger charge is 2.28. The van der Waals surface area contributed by atoms with Crippen LogP contribution in [0.25, 0.3) is 16.6 Å². The molecule has 0 amide bonds. The van der Waals surface area contributed by atoms with Crippen molar-refractivity contribution in [2.45, 2.75) is 6.04 Å². The van der Waals surface area contributed by atoms with Crippen molar-refractivity contribution in [3.63, 3.8) is 0 Å². The van der Waals surface area contributed by atoms with E-state index in [1.54, 1.807) is 24.0 Å². The van der Waals surface area contributed by atoms with Crippen LogP contribution < -0.4 is 10.1 Å². The highest BCUT2D eigenvalue weighted by molar-refractivity contribution is 7.08. The lowest BCUT2D eigenvalue weighted by Gasteiger charge is -2.18. The first-order chi connectivity index (χ1) is 15.7. The Morgan fingerprint density at radius 1 is 1.06 bits per heavy atom. The van der Waals surface area contributed by atoms with E-state index in [-0.39, 0.29) is 5.78 Å². The Morgan fingerprint density at radius 2 is 1.91 bits per heavy atom. The number of hydrogen-bond donors (Lipinski definition) is 1. The molecule has 0 spiro atoms. The molecule has 6 nitrogen and oxygen atoms in total. The van der Waals surface area contributed by atoms with Gasteiger partial charge in [-0.3, -0.25) is 9.78 Å². The van der Waals surface area contributed by atoms with Crippen LogP contribution in [0, 0.1) is 0 Å². The largest absolute Gasteiger partial charge is 0.495 e. The lowest BCUT2D eigenvalue weighted by Crippen LogP contribution is -2.22. The first-order valence-corrected chi connectivity index (χ1v) is 11.0. The quantitative estimate of drug-likeness (QED) is 0.338. The number of hydrogen-bond acceptors (Lipinski definition) is 6. The van der Waals surface area contributed by atoms with Crippen molar-refractivity contribution >= 4 is 28.3 Å². The molecule has 0 fully saturated rings. The predicted octanol–water partition coefficient (Wildman–Crippen LogP) is 5.50. The van der Waals surface area contributed by atoms with Gasteiger partial charge in [-0.2, -0.15) is 16.4 Å². The fourth-order valence-corrected chi connectivity index (χ4v) is 4.48. The summed E-state index contributed by atoms with van der Waals surface area (Å²) in [7, 11) is 1.59. The number of Topliss-reactive ketones (excluding diaryl/α,β-unsaturated/α-hetero) is 1. The number of ketones is 1. The van der Waals surface area contributed by atoms with Gasteiger partial charge in [-0.1, -0.05) is 36.4 Å². The molecule has 0 saturated carbocycles. The monoisotopic (exact) mass is 440 g/mol. The summed E-state index contributed by atoms with van der Waals surface area (Å²) < 4.78 is 7.07. The average Bonchev–Trinajstić information content (AvgIpc) is 3.50. The summed E-state index contributed by atoms with van der Waals surface area (Å²) in [4.78, 5) is 18.1. The summed E-state index contributed by atoms with van der Waals surface area (Å²) >= 11 is 1.51. The highest BCUT2D eigenvalue weighted by atomic mass is 32.1. The molecule has 0 aliphatic heterocycles. The lowest BCUT2D eigenvalue weighted by atomic mass is 9.96. The van der Waals surface area contributed by atoms with Crippen molar-refractivity contribution in [2.75, 3.05) is 12.4 Å². The molecular weight excluding hydrogens is 420 g/mol. The molecule has 7 heteroatoms. The summed E-state index contributed by atoms with van der Waals surface area (Å²) in [6.45, 7) is 0. The number of ether oxygens (including phenoxy) is 1. The molecule has 0 aliphatic rings. The van der Waals surface area contributed by atoms with Crippen molar-refractivity contribution in [3.8, 4) is 16.9 Å². The zero-order chi connectivity index (χ0) is 21.9. The minimum atomic E-state index is -0.694. The summed E-state index contributed by atoms with van der Waals surface area (Å²) in [5, 5.41) is 11.9. The van der Waals surface area contributed by atoms with Gasteiger partial charge in [0.25, 0.3) is 0 Å². The normalized spacial score (nSPS) is 11.9. The predicted molar refractivity (Wildman–Crippen MR) is 126 cm³/mol. The average molecular weight is 441 g/mol. The van der Waals surface area contributed by atoms with Crippen LogP contribution in [0.15, 0.2) is 90.0 Å². The third-order valence-corrected chi connectivity index (χ3v) is 5.96. The van der Waals surface area contributed by atoms with E-state index in [9.17, 15) is 4.79 Å². The van der Waals surface area contributed by atoms with Crippen molar-refractivity contribution in [1.82, 2.24) is 14.6 Å². The molecule has 0 radical (unpaired) electrons. The molecule has 4 aromatic heterocycles. The van der Waals surface area contributed by atoms with Crippen molar-refractivity contribution in [3.05, 3.63) is 101 Å². The fourth-order valence-electron chi connectivity index (χ4n) is 3.63. The Balaban J connectivity index is 1.58. The topological polar surface area (TPSA) is 68.5 Å². The lowest BCUT2D eigenvalue weighted by molar-refractivity contribution is 0.0969. The Morgan fingerprint density at radius 3 is 2.72 bits per heavy atom. The molecule has 1 aromatic carbocycles. The summed E-state index contributed by atoms with van der Waals surface area (Å²) in [6.07, 6.45) is 5.16. The summed E-state index contributed by atoms with van der Waals surface area (Å²) in [5.41, 5.74) is 4.81. The van der Waals surface area contributed by atoms with E-state index in [1.165, 1.54) is 11.3 Å². The molecule has 1 unspecified atom stereocenters. The minimum absolute atomic E-state index is 0.0590. The van der Waals surface area contributed by atoms with Gasteiger partial charge in [0, 0.05) is 28.8 Å². The van der Waals surface area contributed by atoms with E-state index in [0.717, 1.165) is 16.6 Å². The zero-order valence-corrected chi connectivity index (χ0v) is 18.1. The molecule has 5 rings (SSSR count). The van der Waals surface area contributed by atoms with E-state index in [2.05, 4.69) is 15.4 Å². The second-order valence-corrected chi connectivity index (χ2v) is 8.00. The third-order valence-electron chi connectivity index (χ3n) is 5.22. The molecule has 0 bridgehead atoms. The maximum Gasteiger partial charge on any atom is 0.192 e. The first-order valence-electron chi connectivity index (χ1n) is 10.1. The second-order valence-electron chi connectivity index (χ2n) is 7.26. The standard InChI is InChI=1S/C25H20N4O2S/c1-31-20-11-18(13-26-14-20)27-24(23-12-19-9-5-6-10-29(19)28-23)25(30)22-16-32-15-21(22)17-7-3-2-4-8-17/h2-16,24,27H,1H3. The van der Waals surface area contributed by atoms with Crippen molar-refractivity contribution in [1.29, 1.82) is 0 Å².